The van der Waals surface area contributed by atoms with E-state index < -0.39 is 17.3 Å². The van der Waals surface area contributed by atoms with Crippen LogP contribution in [0.2, 0.25) is 0 Å². The molecule has 0 aliphatic heterocycles. The summed E-state index contributed by atoms with van der Waals surface area (Å²) in [5.41, 5.74) is 1.95. The maximum atomic E-state index is 13.8. The first kappa shape index (κ1) is 27.0. The van der Waals surface area contributed by atoms with Gasteiger partial charge in [-0.25, -0.2) is 9.67 Å². The number of rotatable bonds is 6. The molecular formula is C30H23F3N6O3. The number of amides is 1. The highest BCUT2D eigenvalue weighted by molar-refractivity contribution is 6.08. The second-order valence-corrected chi connectivity index (χ2v) is 9.68. The van der Waals surface area contributed by atoms with Crippen molar-refractivity contribution in [3.63, 3.8) is 0 Å². The fraction of sp³-hybridized carbons (Fsp3) is 0.133. The Balaban J connectivity index is 1.41. The molecule has 0 saturated heterocycles. The van der Waals surface area contributed by atoms with Gasteiger partial charge in [-0.3, -0.25) is 19.4 Å². The number of ether oxygens (including phenoxy) is 1. The van der Waals surface area contributed by atoms with Crippen LogP contribution in [0.4, 0.5) is 18.9 Å². The van der Waals surface area contributed by atoms with Gasteiger partial charge in [-0.1, -0.05) is 24.3 Å². The molecule has 3 aromatic carbocycles. The minimum Gasteiger partial charge on any atom is -0.380 e. The normalized spacial score (nSPS) is 11.8. The number of nitrogens with one attached hydrogen (secondary N) is 2. The maximum absolute atomic E-state index is 13.8. The number of aromatic nitrogens is 5. The lowest BCUT2D eigenvalue weighted by Crippen LogP contribution is -2.16. The molecular weight excluding hydrogens is 549 g/mol. The second-order valence-electron chi connectivity index (χ2n) is 9.68. The van der Waals surface area contributed by atoms with E-state index in [9.17, 15) is 22.8 Å². The zero-order valence-electron chi connectivity index (χ0n) is 22.4. The van der Waals surface area contributed by atoms with E-state index in [1.165, 1.54) is 27.7 Å². The number of aromatic amines is 1. The second kappa shape index (κ2) is 10.3. The molecule has 212 valence electrons. The molecule has 0 aliphatic rings. The molecule has 2 N–H and O–H groups in total. The monoisotopic (exact) mass is 572 g/mol. The number of carbonyl (C=O) groups excluding carboxylic acids is 1. The van der Waals surface area contributed by atoms with Crippen LogP contribution in [0.3, 0.4) is 0 Å². The SMILES string of the molecule is COCc1cccc(NC(=O)c2ccc(-n3[nH]c4c(c(-c5cccc(C(F)(F)F)c5)nc5c4cnn5C)c3=O)cc2)c1. The van der Waals surface area contributed by atoms with Crippen molar-refractivity contribution in [2.75, 3.05) is 12.4 Å². The van der Waals surface area contributed by atoms with Crippen molar-refractivity contribution in [1.82, 2.24) is 24.5 Å². The van der Waals surface area contributed by atoms with E-state index in [-0.39, 0.29) is 22.6 Å². The smallest absolute Gasteiger partial charge is 0.380 e. The zero-order valence-corrected chi connectivity index (χ0v) is 22.4. The number of nitrogens with zero attached hydrogens (tertiary/aromatic N) is 4. The summed E-state index contributed by atoms with van der Waals surface area (Å²) in [6, 6.07) is 18.3. The van der Waals surface area contributed by atoms with Crippen LogP contribution in [0.1, 0.15) is 21.5 Å². The van der Waals surface area contributed by atoms with Crippen molar-refractivity contribution in [3.8, 4) is 16.9 Å². The van der Waals surface area contributed by atoms with Crippen molar-refractivity contribution < 1.29 is 22.7 Å². The maximum Gasteiger partial charge on any atom is 0.416 e. The van der Waals surface area contributed by atoms with Gasteiger partial charge >= 0.3 is 6.18 Å². The largest absolute Gasteiger partial charge is 0.416 e. The molecule has 9 nitrogen and oxygen atoms in total. The zero-order chi connectivity index (χ0) is 29.6. The van der Waals surface area contributed by atoms with E-state index in [2.05, 4.69) is 20.5 Å². The topological polar surface area (TPSA) is 107 Å². The first-order valence-electron chi connectivity index (χ1n) is 12.8. The average Bonchev–Trinajstić information content (AvgIpc) is 3.52. The van der Waals surface area contributed by atoms with Gasteiger partial charge in [-0.05, 0) is 54.1 Å². The minimum atomic E-state index is -4.56. The fourth-order valence-corrected chi connectivity index (χ4v) is 4.86. The number of H-pyrrole nitrogens is 1. The van der Waals surface area contributed by atoms with Gasteiger partial charge in [0.25, 0.3) is 11.5 Å². The van der Waals surface area contributed by atoms with Gasteiger partial charge in [-0.2, -0.15) is 18.3 Å². The predicted molar refractivity (Wildman–Crippen MR) is 152 cm³/mol. The molecule has 0 unspecified atom stereocenters. The number of hydrogen-bond acceptors (Lipinski definition) is 5. The average molecular weight is 573 g/mol. The van der Waals surface area contributed by atoms with Crippen molar-refractivity contribution in [3.05, 3.63) is 106 Å². The Labute approximate surface area is 236 Å². The first-order valence-corrected chi connectivity index (χ1v) is 12.8. The Morgan fingerprint density at radius 3 is 2.55 bits per heavy atom. The molecule has 0 radical (unpaired) electrons. The standard InChI is InChI=1S/C30H23F3N6O3/c1-38-27-23(15-34-38)26-24(25(36-27)19-6-4-7-20(14-19)30(31,32)33)29(41)39(37-26)22-11-9-18(10-12-22)28(40)35-21-8-3-5-17(13-21)16-42-2/h3-15,37H,16H2,1-2H3,(H,35,40). The number of alkyl halides is 3. The summed E-state index contributed by atoms with van der Waals surface area (Å²) >= 11 is 0. The van der Waals surface area contributed by atoms with Crippen LogP contribution in [0.25, 0.3) is 38.9 Å². The van der Waals surface area contributed by atoms with Gasteiger partial charge in [0.1, 0.15) is 0 Å². The Hall–Kier alpha value is -5.23. The van der Waals surface area contributed by atoms with Gasteiger partial charge in [-0.15, -0.1) is 0 Å². The van der Waals surface area contributed by atoms with Crippen LogP contribution in [-0.2, 0) is 24.6 Å². The van der Waals surface area contributed by atoms with Crippen LogP contribution < -0.4 is 10.9 Å². The van der Waals surface area contributed by atoms with Crippen LogP contribution in [0, 0.1) is 0 Å². The summed E-state index contributed by atoms with van der Waals surface area (Å²) in [5.74, 6) is -0.340. The Morgan fingerprint density at radius 1 is 1.05 bits per heavy atom. The van der Waals surface area contributed by atoms with Crippen molar-refractivity contribution >= 4 is 33.5 Å². The quantitative estimate of drug-likeness (QED) is 0.267. The molecule has 0 saturated carbocycles. The predicted octanol–water partition coefficient (Wildman–Crippen LogP) is 5.69. The number of methoxy groups -OCH3 is 1. The lowest BCUT2D eigenvalue weighted by molar-refractivity contribution is -0.137. The third kappa shape index (κ3) is 4.81. The third-order valence-electron chi connectivity index (χ3n) is 6.87. The van der Waals surface area contributed by atoms with Gasteiger partial charge < -0.3 is 10.1 Å². The lowest BCUT2D eigenvalue weighted by Gasteiger charge is -2.09. The third-order valence-corrected chi connectivity index (χ3v) is 6.87. The molecule has 6 aromatic rings. The van der Waals surface area contributed by atoms with E-state index in [1.807, 2.05) is 18.2 Å². The molecule has 0 spiro atoms. The Morgan fingerprint density at radius 2 is 1.81 bits per heavy atom. The van der Waals surface area contributed by atoms with E-state index in [0.29, 0.717) is 40.1 Å². The van der Waals surface area contributed by atoms with Crippen LogP contribution in [0.5, 0.6) is 0 Å². The van der Waals surface area contributed by atoms with Gasteiger partial charge in [0.15, 0.2) is 5.65 Å². The molecule has 1 amide bonds. The number of anilines is 1. The van der Waals surface area contributed by atoms with Gasteiger partial charge in [0, 0.05) is 31.0 Å². The minimum absolute atomic E-state index is 0.0962. The Kier molecular flexibility index (Phi) is 6.62. The van der Waals surface area contributed by atoms with Crippen LogP contribution in [0.15, 0.2) is 83.8 Å². The molecule has 42 heavy (non-hydrogen) atoms. The number of aryl methyl sites for hydroxylation is 1. The van der Waals surface area contributed by atoms with E-state index in [1.54, 1.807) is 44.5 Å². The summed E-state index contributed by atoms with van der Waals surface area (Å²) in [6.07, 6.45) is -3.03. The van der Waals surface area contributed by atoms with E-state index in [0.717, 1.165) is 17.7 Å². The van der Waals surface area contributed by atoms with Crippen LogP contribution >= 0.6 is 0 Å². The van der Waals surface area contributed by atoms with Crippen molar-refractivity contribution in [2.45, 2.75) is 12.8 Å². The highest BCUT2D eigenvalue weighted by atomic mass is 19.4. The molecule has 0 aliphatic carbocycles. The number of pyridine rings is 1. The summed E-state index contributed by atoms with van der Waals surface area (Å²) in [6.45, 7) is 0.411. The van der Waals surface area contributed by atoms with Crippen molar-refractivity contribution in [1.29, 1.82) is 0 Å². The van der Waals surface area contributed by atoms with Crippen LogP contribution in [-0.4, -0.2) is 37.6 Å². The van der Waals surface area contributed by atoms with Gasteiger partial charge in [0.2, 0.25) is 0 Å². The molecule has 0 fully saturated rings. The summed E-state index contributed by atoms with van der Waals surface area (Å²) < 4.78 is 48.4. The highest BCUT2D eigenvalue weighted by Crippen LogP contribution is 2.34. The number of carbonyl (C=O) groups is 1. The summed E-state index contributed by atoms with van der Waals surface area (Å²) in [4.78, 5) is 31.2. The fourth-order valence-electron chi connectivity index (χ4n) is 4.86. The molecule has 0 atom stereocenters. The number of benzene rings is 3. The molecule has 3 heterocycles. The summed E-state index contributed by atoms with van der Waals surface area (Å²) in [5, 5.41) is 10.8. The first-order chi connectivity index (χ1) is 20.1. The number of halogens is 3. The number of fused-ring (bicyclic) bond motifs is 3. The van der Waals surface area contributed by atoms with Crippen molar-refractivity contribution in [2.24, 2.45) is 7.05 Å². The molecule has 12 heteroatoms. The lowest BCUT2D eigenvalue weighted by atomic mass is 10.0. The Bertz CT molecular complexity index is 2020. The molecule has 3 aromatic heterocycles. The van der Waals surface area contributed by atoms with E-state index in [4.69, 9.17) is 4.74 Å². The van der Waals surface area contributed by atoms with Gasteiger partial charge in [0.05, 0.1) is 46.0 Å². The molecule has 0 bridgehead atoms. The molecule has 6 rings (SSSR count). The summed E-state index contributed by atoms with van der Waals surface area (Å²) in [7, 11) is 3.25. The number of hydrogen-bond donors (Lipinski definition) is 2. The van der Waals surface area contributed by atoms with E-state index >= 15 is 0 Å². The highest BCUT2D eigenvalue weighted by Gasteiger charge is 2.31.